The maximum absolute atomic E-state index is 12.5. The Morgan fingerprint density at radius 1 is 1.09 bits per heavy atom. The van der Waals surface area contributed by atoms with Gasteiger partial charge < -0.3 is 13.9 Å². The minimum absolute atomic E-state index is 0.121. The summed E-state index contributed by atoms with van der Waals surface area (Å²) in [5, 5.41) is 6.09. The normalized spacial score (nSPS) is 11.3. The molecule has 0 radical (unpaired) electrons. The Hall–Kier alpha value is -2.23. The van der Waals surface area contributed by atoms with Gasteiger partial charge in [0.2, 0.25) is 0 Å². The van der Waals surface area contributed by atoms with Gasteiger partial charge in [0.1, 0.15) is 12.2 Å². The van der Waals surface area contributed by atoms with Gasteiger partial charge in [-0.1, -0.05) is 56.8 Å². The van der Waals surface area contributed by atoms with Gasteiger partial charge in [-0.15, -0.1) is 0 Å². The van der Waals surface area contributed by atoms with Crippen molar-refractivity contribution in [2.24, 2.45) is 5.10 Å². The van der Waals surface area contributed by atoms with Crippen LogP contribution in [0.4, 0.5) is 0 Å². The number of ether oxygens (including phenoxy) is 2. The Labute approximate surface area is 232 Å². The number of hydrazone groups is 1. The summed E-state index contributed by atoms with van der Waals surface area (Å²) in [6, 6.07) is 13.8. The van der Waals surface area contributed by atoms with Gasteiger partial charge in [0.05, 0.1) is 22.8 Å². The second-order valence-corrected chi connectivity index (χ2v) is 10.2. The van der Waals surface area contributed by atoms with E-state index in [4.69, 9.17) is 48.7 Å². The van der Waals surface area contributed by atoms with Crippen molar-refractivity contribution in [3.63, 3.8) is 0 Å². The molecule has 4 aromatic rings. The van der Waals surface area contributed by atoms with Gasteiger partial charge in [-0.3, -0.25) is 4.79 Å². The van der Waals surface area contributed by atoms with Crippen molar-refractivity contribution in [2.75, 3.05) is 7.11 Å². The van der Waals surface area contributed by atoms with Gasteiger partial charge >= 0.3 is 5.91 Å². The molecule has 0 atom stereocenters. The number of benzene rings is 3. The molecule has 0 unspecified atom stereocenters. The molecule has 3 aromatic carbocycles. The molecule has 0 aliphatic rings. The summed E-state index contributed by atoms with van der Waals surface area (Å²) in [5.74, 6) is 0.359. The van der Waals surface area contributed by atoms with Gasteiger partial charge in [-0.25, -0.2) is 5.43 Å². The fourth-order valence-corrected chi connectivity index (χ4v) is 5.23. The fraction of sp³-hybridized carbons (Fsp3) is 0.0833. The molecule has 4 rings (SSSR count). The summed E-state index contributed by atoms with van der Waals surface area (Å²) in [5.41, 5.74) is 4.33. The van der Waals surface area contributed by atoms with Crippen LogP contribution in [0.3, 0.4) is 0 Å². The molecule has 0 spiro atoms. The van der Waals surface area contributed by atoms with E-state index in [0.29, 0.717) is 37.7 Å². The van der Waals surface area contributed by atoms with Crippen LogP contribution in [0.25, 0.3) is 11.0 Å². The van der Waals surface area contributed by atoms with E-state index in [9.17, 15) is 4.79 Å². The summed E-state index contributed by atoms with van der Waals surface area (Å²) in [4.78, 5) is 12.5. The molecule has 0 saturated heterocycles. The predicted molar refractivity (Wildman–Crippen MR) is 145 cm³/mol. The zero-order valence-electron chi connectivity index (χ0n) is 17.9. The van der Waals surface area contributed by atoms with Crippen LogP contribution < -0.4 is 14.9 Å². The third-order valence-electron chi connectivity index (χ3n) is 4.78. The Balaban J connectivity index is 1.46. The number of furan rings is 1. The third-order valence-corrected chi connectivity index (χ3v) is 6.69. The molecule has 0 bridgehead atoms. The largest absolute Gasteiger partial charge is 0.493 e. The SMILES string of the molecule is COc1cc(/C=N\NC(=O)c2cc3cc(Br)cc(Br)c3o2)cc(Cl)c1OCc1ccc(Cl)cc1Cl. The molecule has 1 heterocycles. The lowest BCUT2D eigenvalue weighted by Crippen LogP contribution is -2.16. The van der Waals surface area contributed by atoms with Crippen molar-refractivity contribution in [3.8, 4) is 11.5 Å². The standard InChI is InChI=1S/C24H15Br2Cl3N2O4/c1-33-20-5-12(4-19(29)23(20)34-11-13-2-3-16(27)9-18(13)28)10-30-31-24(32)21-7-14-6-15(25)8-17(26)22(14)35-21/h2-10H,11H2,1H3,(H,31,32)/b30-10-. The number of hydrogen-bond acceptors (Lipinski definition) is 5. The van der Waals surface area contributed by atoms with Crippen molar-refractivity contribution >= 4 is 89.8 Å². The zero-order chi connectivity index (χ0) is 25.1. The van der Waals surface area contributed by atoms with E-state index in [1.54, 1.807) is 36.4 Å². The maximum atomic E-state index is 12.5. The summed E-state index contributed by atoms with van der Waals surface area (Å²) in [7, 11) is 1.49. The molecule has 180 valence electrons. The van der Waals surface area contributed by atoms with Crippen LogP contribution in [0.15, 0.2) is 67.0 Å². The highest BCUT2D eigenvalue weighted by atomic mass is 79.9. The molecule has 35 heavy (non-hydrogen) atoms. The predicted octanol–water partition coefficient (Wildman–Crippen LogP) is 8.27. The number of fused-ring (bicyclic) bond motifs is 1. The second kappa shape index (κ2) is 11.2. The third kappa shape index (κ3) is 6.13. The maximum Gasteiger partial charge on any atom is 0.307 e. The van der Waals surface area contributed by atoms with Gasteiger partial charge in [0, 0.05) is 25.5 Å². The Morgan fingerprint density at radius 2 is 1.89 bits per heavy atom. The molecular weight excluding hydrogens is 646 g/mol. The number of carbonyl (C=O) groups is 1. The number of methoxy groups -OCH3 is 1. The van der Waals surface area contributed by atoms with E-state index in [1.807, 2.05) is 12.1 Å². The molecule has 0 aliphatic carbocycles. The number of nitrogens with zero attached hydrogens (tertiary/aromatic N) is 1. The molecular formula is C24H15Br2Cl3N2O4. The minimum Gasteiger partial charge on any atom is -0.493 e. The first-order chi connectivity index (χ1) is 16.7. The summed E-state index contributed by atoms with van der Waals surface area (Å²) >= 11 is 25.4. The number of nitrogens with one attached hydrogen (secondary N) is 1. The van der Waals surface area contributed by atoms with E-state index in [1.165, 1.54) is 13.3 Å². The molecule has 0 saturated carbocycles. The smallest absolute Gasteiger partial charge is 0.307 e. The highest BCUT2D eigenvalue weighted by Crippen LogP contribution is 2.37. The van der Waals surface area contributed by atoms with Crippen LogP contribution in [-0.4, -0.2) is 19.2 Å². The lowest BCUT2D eigenvalue weighted by Gasteiger charge is -2.14. The zero-order valence-corrected chi connectivity index (χ0v) is 23.3. The molecule has 1 amide bonds. The Kier molecular flexibility index (Phi) is 8.29. The number of halogens is 5. The summed E-state index contributed by atoms with van der Waals surface area (Å²) in [6.45, 7) is 0.166. The minimum atomic E-state index is -0.502. The van der Waals surface area contributed by atoms with Crippen LogP contribution in [0.5, 0.6) is 11.5 Å². The van der Waals surface area contributed by atoms with Crippen LogP contribution >= 0.6 is 66.7 Å². The Bertz CT molecular complexity index is 1460. The van der Waals surface area contributed by atoms with E-state index in [2.05, 4.69) is 42.4 Å². The first kappa shape index (κ1) is 25.9. The monoisotopic (exact) mass is 658 g/mol. The van der Waals surface area contributed by atoms with Crippen LogP contribution in [0.1, 0.15) is 21.7 Å². The molecule has 0 aliphatic heterocycles. The average molecular weight is 662 g/mol. The number of rotatable bonds is 7. The first-order valence-corrected chi connectivity index (χ1v) is 12.6. The van der Waals surface area contributed by atoms with Crippen LogP contribution in [0.2, 0.25) is 15.1 Å². The van der Waals surface area contributed by atoms with Crippen molar-refractivity contribution in [3.05, 3.63) is 89.4 Å². The lowest BCUT2D eigenvalue weighted by molar-refractivity contribution is 0.0929. The van der Waals surface area contributed by atoms with Crippen molar-refractivity contribution in [2.45, 2.75) is 6.61 Å². The van der Waals surface area contributed by atoms with Gasteiger partial charge in [0.15, 0.2) is 17.3 Å². The van der Waals surface area contributed by atoms with E-state index in [0.717, 1.165) is 19.9 Å². The van der Waals surface area contributed by atoms with E-state index < -0.39 is 5.91 Å². The molecule has 11 heteroatoms. The second-order valence-electron chi connectivity index (χ2n) is 7.17. The van der Waals surface area contributed by atoms with Crippen LogP contribution in [0, 0.1) is 0 Å². The van der Waals surface area contributed by atoms with Crippen molar-refractivity contribution < 1.29 is 18.7 Å². The molecule has 1 aromatic heterocycles. The van der Waals surface area contributed by atoms with Gasteiger partial charge in [-0.2, -0.15) is 5.10 Å². The van der Waals surface area contributed by atoms with Crippen molar-refractivity contribution in [1.29, 1.82) is 0 Å². The lowest BCUT2D eigenvalue weighted by atomic mass is 10.2. The van der Waals surface area contributed by atoms with E-state index in [-0.39, 0.29) is 12.4 Å². The van der Waals surface area contributed by atoms with Gasteiger partial charge in [-0.05, 0) is 64.0 Å². The van der Waals surface area contributed by atoms with Crippen molar-refractivity contribution in [1.82, 2.24) is 5.43 Å². The molecule has 1 N–H and O–H groups in total. The van der Waals surface area contributed by atoms with Gasteiger partial charge in [0.25, 0.3) is 0 Å². The highest BCUT2D eigenvalue weighted by Gasteiger charge is 2.15. The average Bonchev–Trinajstić information content (AvgIpc) is 3.23. The quantitative estimate of drug-likeness (QED) is 0.160. The number of carbonyl (C=O) groups excluding carboxylic acids is 1. The Morgan fingerprint density at radius 3 is 2.63 bits per heavy atom. The topological polar surface area (TPSA) is 73.1 Å². The number of amides is 1. The first-order valence-electron chi connectivity index (χ1n) is 9.91. The summed E-state index contributed by atoms with van der Waals surface area (Å²) < 4.78 is 18.5. The fourth-order valence-electron chi connectivity index (χ4n) is 3.15. The van der Waals surface area contributed by atoms with Crippen LogP contribution in [-0.2, 0) is 6.61 Å². The molecule has 0 fully saturated rings. The van der Waals surface area contributed by atoms with E-state index >= 15 is 0 Å². The molecule has 6 nitrogen and oxygen atoms in total. The highest BCUT2D eigenvalue weighted by molar-refractivity contribution is 9.11. The number of hydrogen-bond donors (Lipinski definition) is 1. The summed E-state index contributed by atoms with van der Waals surface area (Å²) in [6.07, 6.45) is 1.43.